The predicted molar refractivity (Wildman–Crippen MR) is 107 cm³/mol. The molecule has 5 nitrogen and oxygen atoms in total. The molecule has 0 heterocycles. The van der Waals surface area contributed by atoms with Gasteiger partial charge in [0.2, 0.25) is 0 Å². The minimum atomic E-state index is -0.223. The van der Waals surface area contributed by atoms with Crippen LogP contribution in [0.2, 0.25) is 0 Å². The largest absolute Gasteiger partial charge is 0.462 e. The second-order valence-electron chi connectivity index (χ2n) is 6.28. The fourth-order valence-electron chi connectivity index (χ4n) is 1.84. The van der Waals surface area contributed by atoms with Gasteiger partial charge in [0.05, 0.1) is 0 Å². The summed E-state index contributed by atoms with van der Waals surface area (Å²) >= 11 is 0. The molecule has 0 aliphatic rings. The monoisotopic (exact) mass is 370 g/mol. The van der Waals surface area contributed by atoms with Gasteiger partial charge in [-0.2, -0.15) is 0 Å². The van der Waals surface area contributed by atoms with Crippen molar-refractivity contribution < 1.29 is 23.7 Å². The Morgan fingerprint density at radius 3 is 1.73 bits per heavy atom. The van der Waals surface area contributed by atoms with Crippen LogP contribution in [0.4, 0.5) is 0 Å². The number of rotatable bonds is 12. The smallest absolute Gasteiger partial charge is 0.302 e. The molecule has 0 rings (SSSR count). The van der Waals surface area contributed by atoms with E-state index in [1.165, 1.54) is 23.6 Å². The van der Waals surface area contributed by atoms with Gasteiger partial charge in [-0.1, -0.05) is 28.9 Å². The first-order valence-electron chi connectivity index (χ1n) is 8.97. The van der Waals surface area contributed by atoms with Crippen LogP contribution in [-0.2, 0) is 23.7 Å². The van der Waals surface area contributed by atoms with Crippen LogP contribution in [0.15, 0.2) is 34.9 Å². The van der Waals surface area contributed by atoms with E-state index in [0.29, 0.717) is 20.2 Å². The first-order chi connectivity index (χ1) is 12.3. The Kier molecular flexibility index (Phi) is 20.5. The predicted octanol–water partition coefficient (Wildman–Crippen LogP) is 5.18. The maximum atomic E-state index is 10.6. The molecule has 0 aliphatic carbocycles. The highest BCUT2D eigenvalue weighted by atomic mass is 16.7. The minimum Gasteiger partial charge on any atom is -0.462 e. The zero-order valence-electron chi connectivity index (χ0n) is 17.7. The van der Waals surface area contributed by atoms with Crippen molar-refractivity contribution in [2.24, 2.45) is 0 Å². The third-order valence-electron chi connectivity index (χ3n) is 3.24. The van der Waals surface area contributed by atoms with Gasteiger partial charge in [0.1, 0.15) is 20.2 Å². The zero-order valence-corrected chi connectivity index (χ0v) is 17.7. The van der Waals surface area contributed by atoms with Gasteiger partial charge < -0.3 is 18.9 Å². The molecule has 152 valence electrons. The Morgan fingerprint density at radius 2 is 1.27 bits per heavy atom. The number of methoxy groups -OCH3 is 2. The van der Waals surface area contributed by atoms with Gasteiger partial charge in [-0.3, -0.25) is 4.79 Å². The van der Waals surface area contributed by atoms with Gasteiger partial charge in [-0.25, -0.2) is 0 Å². The molecule has 5 heteroatoms. The number of ether oxygens (including phenoxy) is 4. The summed E-state index contributed by atoms with van der Waals surface area (Å²) in [6, 6.07) is 0. The summed E-state index contributed by atoms with van der Waals surface area (Å²) in [4.78, 5) is 10.6. The fraction of sp³-hybridized carbons (Fsp3) is 0.667. The number of carbonyl (C=O) groups excluding carboxylic acids is 1. The van der Waals surface area contributed by atoms with Crippen LogP contribution in [-0.4, -0.2) is 40.4 Å². The normalized spacial score (nSPS) is 11.5. The molecule has 0 spiro atoms. The van der Waals surface area contributed by atoms with Gasteiger partial charge in [0.15, 0.2) is 0 Å². The van der Waals surface area contributed by atoms with Crippen molar-refractivity contribution in [2.45, 2.75) is 60.3 Å². The number of allylic oxidation sites excluding steroid dienone is 5. The number of esters is 1. The first kappa shape index (κ1) is 26.8. The maximum absolute atomic E-state index is 10.6. The van der Waals surface area contributed by atoms with Crippen molar-refractivity contribution in [3.63, 3.8) is 0 Å². The highest BCUT2D eigenvalue weighted by Gasteiger charge is 1.93. The van der Waals surface area contributed by atoms with Crippen LogP contribution >= 0.6 is 0 Å². The molecule has 26 heavy (non-hydrogen) atoms. The Labute approximate surface area is 160 Å². The maximum Gasteiger partial charge on any atom is 0.302 e. The molecule has 0 bridgehead atoms. The number of carbonyl (C=O) groups is 1. The standard InChI is InChI=1S/C17H28O2.C4H10O3/c1-14(2)8-6-9-15(3)10-7-11-16(4)12-13-19-17(5)18;1-5-3-7-4-6-2/h8,10,12H,6-7,9,11,13H2,1-5H3;3-4H2,1-2H3. The summed E-state index contributed by atoms with van der Waals surface area (Å²) in [5.41, 5.74) is 4.11. The summed E-state index contributed by atoms with van der Waals surface area (Å²) in [6.45, 7) is 11.0. The zero-order chi connectivity index (χ0) is 20.2. The summed E-state index contributed by atoms with van der Waals surface area (Å²) in [7, 11) is 3.13. The van der Waals surface area contributed by atoms with E-state index in [9.17, 15) is 4.79 Å². The Hall–Kier alpha value is -1.43. The van der Waals surface area contributed by atoms with Crippen molar-refractivity contribution >= 4 is 5.97 Å². The van der Waals surface area contributed by atoms with Gasteiger partial charge in [0.25, 0.3) is 0 Å². The van der Waals surface area contributed by atoms with E-state index >= 15 is 0 Å². The molecule has 0 unspecified atom stereocenters. The molecule has 0 aliphatic heterocycles. The van der Waals surface area contributed by atoms with E-state index in [0.717, 1.165) is 25.7 Å². The molecule has 0 aromatic heterocycles. The van der Waals surface area contributed by atoms with Gasteiger partial charge in [-0.05, 0) is 59.5 Å². The van der Waals surface area contributed by atoms with Gasteiger partial charge in [0, 0.05) is 21.1 Å². The average molecular weight is 371 g/mol. The molecule has 0 N–H and O–H groups in total. The van der Waals surface area contributed by atoms with Crippen LogP contribution in [0.5, 0.6) is 0 Å². The highest BCUT2D eigenvalue weighted by molar-refractivity contribution is 5.66. The lowest BCUT2D eigenvalue weighted by atomic mass is 10.1. The second kappa shape index (κ2) is 19.9. The van der Waals surface area contributed by atoms with E-state index in [1.807, 2.05) is 6.08 Å². The number of hydrogen-bond donors (Lipinski definition) is 0. The fourth-order valence-corrected chi connectivity index (χ4v) is 1.84. The minimum absolute atomic E-state index is 0.223. The molecule has 0 saturated heterocycles. The molecule has 0 saturated carbocycles. The van der Waals surface area contributed by atoms with Crippen LogP contribution in [0, 0.1) is 0 Å². The third-order valence-corrected chi connectivity index (χ3v) is 3.24. The Morgan fingerprint density at radius 1 is 0.769 bits per heavy atom. The van der Waals surface area contributed by atoms with Crippen molar-refractivity contribution in [1.29, 1.82) is 0 Å². The van der Waals surface area contributed by atoms with Gasteiger partial charge in [-0.15, -0.1) is 0 Å². The van der Waals surface area contributed by atoms with Crippen molar-refractivity contribution in [3.8, 4) is 0 Å². The van der Waals surface area contributed by atoms with Crippen LogP contribution in [0.25, 0.3) is 0 Å². The lowest BCUT2D eigenvalue weighted by molar-refractivity contribution is -0.139. The quantitative estimate of drug-likeness (QED) is 0.205. The van der Waals surface area contributed by atoms with Crippen molar-refractivity contribution in [2.75, 3.05) is 34.4 Å². The summed E-state index contributed by atoms with van der Waals surface area (Å²) < 4.78 is 18.6. The summed E-state index contributed by atoms with van der Waals surface area (Å²) in [5, 5.41) is 0. The highest BCUT2D eigenvalue weighted by Crippen LogP contribution is 2.11. The summed E-state index contributed by atoms with van der Waals surface area (Å²) in [6.07, 6.45) is 10.9. The molecule has 0 fully saturated rings. The molecular weight excluding hydrogens is 332 g/mol. The molecule has 0 amide bonds. The molecular formula is C21H38O5. The Balaban J connectivity index is 0. The second-order valence-corrected chi connectivity index (χ2v) is 6.28. The van der Waals surface area contributed by atoms with Crippen LogP contribution in [0.3, 0.4) is 0 Å². The molecule has 0 atom stereocenters. The molecule has 0 radical (unpaired) electrons. The van der Waals surface area contributed by atoms with E-state index in [4.69, 9.17) is 4.74 Å². The van der Waals surface area contributed by atoms with Crippen LogP contribution < -0.4 is 0 Å². The average Bonchev–Trinajstić information content (AvgIpc) is 2.55. The lowest BCUT2D eigenvalue weighted by Crippen LogP contribution is -1.98. The first-order valence-corrected chi connectivity index (χ1v) is 8.97. The SMILES string of the molecule is CC(=O)OCC=C(C)CCC=C(C)CCC=C(C)C.COCOCOC. The summed E-state index contributed by atoms with van der Waals surface area (Å²) in [5.74, 6) is -0.223. The molecule has 0 aromatic rings. The topological polar surface area (TPSA) is 54.0 Å². The lowest BCUT2D eigenvalue weighted by Gasteiger charge is -2.02. The van der Waals surface area contributed by atoms with E-state index in [-0.39, 0.29) is 5.97 Å². The van der Waals surface area contributed by atoms with Crippen LogP contribution in [0.1, 0.15) is 60.3 Å². The van der Waals surface area contributed by atoms with Gasteiger partial charge >= 0.3 is 5.97 Å². The Bertz CT molecular complexity index is 428. The van der Waals surface area contributed by atoms with E-state index < -0.39 is 0 Å². The molecule has 0 aromatic carbocycles. The van der Waals surface area contributed by atoms with Crippen molar-refractivity contribution in [1.82, 2.24) is 0 Å². The van der Waals surface area contributed by atoms with Crippen molar-refractivity contribution in [3.05, 3.63) is 34.9 Å². The number of hydrogen-bond acceptors (Lipinski definition) is 5. The third kappa shape index (κ3) is 24.8. The van der Waals surface area contributed by atoms with E-state index in [2.05, 4.69) is 54.1 Å². The van der Waals surface area contributed by atoms with E-state index in [1.54, 1.807) is 14.2 Å².